The Morgan fingerprint density at radius 1 is 1.43 bits per heavy atom. The van der Waals surface area contributed by atoms with Gasteiger partial charge in [0.1, 0.15) is 7.11 Å². The van der Waals surface area contributed by atoms with Crippen LogP contribution in [0.1, 0.15) is 6.92 Å². The highest BCUT2D eigenvalue weighted by Crippen LogP contribution is 2.05. The molecule has 0 unspecified atom stereocenters. The van der Waals surface area contributed by atoms with Crippen molar-refractivity contribution < 1.29 is 19.2 Å². The summed E-state index contributed by atoms with van der Waals surface area (Å²) in [6.07, 6.45) is 0. The molecule has 7 heteroatoms. The molecule has 0 N–H and O–H groups in total. The molecule has 0 fully saturated rings. The van der Waals surface area contributed by atoms with E-state index in [1.807, 2.05) is 0 Å². The molecule has 5 nitrogen and oxygen atoms in total. The monoisotopic (exact) mass is 241 g/mol. The van der Waals surface area contributed by atoms with Gasteiger partial charge in [0.25, 0.3) is 0 Å². The SMILES string of the molecule is CCOC(=O)/C(=N/OC)C(=O)C(Cl)Cl. The number of carbonyl (C=O) groups excluding carboxylic acids is 2. The molecule has 0 rings (SSSR count). The van der Waals surface area contributed by atoms with Gasteiger partial charge in [-0.05, 0) is 6.92 Å². The number of nitrogens with zero attached hydrogens (tertiary/aromatic N) is 1. The largest absolute Gasteiger partial charge is 0.461 e. The third kappa shape index (κ3) is 3.93. The van der Waals surface area contributed by atoms with Crippen LogP contribution in [0.25, 0.3) is 0 Å². The van der Waals surface area contributed by atoms with Gasteiger partial charge in [-0.25, -0.2) is 4.79 Å². The van der Waals surface area contributed by atoms with Crippen molar-refractivity contribution in [3.63, 3.8) is 0 Å². The van der Waals surface area contributed by atoms with Crippen LogP contribution in [0.15, 0.2) is 5.16 Å². The molecule has 0 aliphatic heterocycles. The zero-order valence-corrected chi connectivity index (χ0v) is 9.13. The Hall–Kier alpha value is -0.810. The fraction of sp³-hybridized carbons (Fsp3) is 0.571. The average Bonchev–Trinajstić information content (AvgIpc) is 2.13. The van der Waals surface area contributed by atoms with E-state index in [1.165, 1.54) is 7.11 Å². The number of hydrogen-bond acceptors (Lipinski definition) is 5. The minimum absolute atomic E-state index is 0.115. The summed E-state index contributed by atoms with van der Waals surface area (Å²) in [6.45, 7) is 1.70. The van der Waals surface area contributed by atoms with Crippen LogP contribution in [-0.2, 0) is 19.2 Å². The smallest absolute Gasteiger partial charge is 0.364 e. The highest BCUT2D eigenvalue weighted by Gasteiger charge is 2.27. The fourth-order valence-electron chi connectivity index (χ4n) is 0.577. The van der Waals surface area contributed by atoms with Crippen molar-refractivity contribution in [1.29, 1.82) is 0 Å². The zero-order valence-electron chi connectivity index (χ0n) is 7.62. The highest BCUT2D eigenvalue weighted by molar-refractivity contribution is 6.74. The summed E-state index contributed by atoms with van der Waals surface area (Å²) in [5.41, 5.74) is -0.552. The zero-order chi connectivity index (χ0) is 11.1. The van der Waals surface area contributed by atoms with E-state index < -0.39 is 22.3 Å². The molecule has 80 valence electrons. The molecule has 0 aliphatic rings. The molecule has 0 atom stereocenters. The first-order chi connectivity index (χ1) is 6.54. The Balaban J connectivity index is 4.69. The molecule has 0 aliphatic carbocycles. The van der Waals surface area contributed by atoms with Gasteiger partial charge < -0.3 is 9.57 Å². The van der Waals surface area contributed by atoms with Gasteiger partial charge in [0.05, 0.1) is 6.61 Å². The van der Waals surface area contributed by atoms with Crippen LogP contribution in [0.2, 0.25) is 0 Å². The summed E-state index contributed by atoms with van der Waals surface area (Å²) in [5, 5.41) is 3.19. The summed E-state index contributed by atoms with van der Waals surface area (Å²) in [7, 11) is 1.18. The summed E-state index contributed by atoms with van der Waals surface area (Å²) < 4.78 is 4.54. The topological polar surface area (TPSA) is 65.0 Å². The van der Waals surface area contributed by atoms with E-state index in [9.17, 15) is 9.59 Å². The van der Waals surface area contributed by atoms with Crippen LogP contribution in [0, 0.1) is 0 Å². The van der Waals surface area contributed by atoms with Crippen LogP contribution in [0.4, 0.5) is 0 Å². The molecule has 14 heavy (non-hydrogen) atoms. The Labute approximate surface area is 90.9 Å². The van der Waals surface area contributed by atoms with E-state index in [0.29, 0.717) is 0 Å². The van der Waals surface area contributed by atoms with E-state index in [0.717, 1.165) is 0 Å². The number of Topliss-reactive ketones (excluding diaryl/α,β-unsaturated/α-hetero) is 1. The third-order valence-electron chi connectivity index (χ3n) is 1.08. The standard InChI is InChI=1S/C7H9Cl2NO4/c1-3-14-7(12)4(10-13-2)5(11)6(8)9/h6H,3H2,1-2H3/b10-4+. The molecule has 0 amide bonds. The van der Waals surface area contributed by atoms with Gasteiger partial charge in [-0.3, -0.25) is 4.79 Å². The van der Waals surface area contributed by atoms with Gasteiger partial charge in [0.15, 0.2) is 4.84 Å². The van der Waals surface area contributed by atoms with Gasteiger partial charge in [-0.2, -0.15) is 0 Å². The maximum Gasteiger partial charge on any atom is 0.364 e. The lowest BCUT2D eigenvalue weighted by Crippen LogP contribution is -2.30. The van der Waals surface area contributed by atoms with Crippen molar-refractivity contribution in [2.45, 2.75) is 11.8 Å². The molecule has 0 aromatic heterocycles. The first-order valence-corrected chi connectivity index (χ1v) is 4.52. The van der Waals surface area contributed by atoms with Crippen molar-refractivity contribution in [3.8, 4) is 0 Å². The summed E-state index contributed by atoms with van der Waals surface area (Å²) in [5.74, 6) is -1.76. The Bertz CT molecular complexity index is 252. The Kier molecular flexibility index (Phi) is 6.23. The molecule has 0 spiro atoms. The molecule has 0 aromatic carbocycles. The van der Waals surface area contributed by atoms with Crippen LogP contribution >= 0.6 is 23.2 Å². The van der Waals surface area contributed by atoms with E-state index in [4.69, 9.17) is 23.2 Å². The maximum atomic E-state index is 11.2. The molecule has 0 heterocycles. The summed E-state index contributed by atoms with van der Waals surface area (Å²) in [6, 6.07) is 0. The quantitative estimate of drug-likeness (QED) is 0.236. The van der Waals surface area contributed by atoms with Gasteiger partial charge in [0.2, 0.25) is 11.5 Å². The maximum absolute atomic E-state index is 11.2. The number of ketones is 1. The summed E-state index contributed by atoms with van der Waals surface area (Å²) in [4.78, 5) is 25.2. The second-order valence-electron chi connectivity index (χ2n) is 2.01. The second kappa shape index (κ2) is 6.62. The van der Waals surface area contributed by atoms with Gasteiger partial charge in [-0.15, -0.1) is 0 Å². The number of alkyl halides is 2. The predicted molar refractivity (Wildman–Crippen MR) is 51.6 cm³/mol. The Morgan fingerprint density at radius 2 is 2.00 bits per heavy atom. The lowest BCUT2D eigenvalue weighted by atomic mass is 10.3. The minimum Gasteiger partial charge on any atom is -0.461 e. The van der Waals surface area contributed by atoms with Crippen LogP contribution in [0.5, 0.6) is 0 Å². The molecule has 0 aromatic rings. The Morgan fingerprint density at radius 3 is 2.36 bits per heavy atom. The second-order valence-corrected chi connectivity index (χ2v) is 3.10. The van der Waals surface area contributed by atoms with E-state index in [-0.39, 0.29) is 6.61 Å². The molecular weight excluding hydrogens is 233 g/mol. The fourth-order valence-corrected chi connectivity index (χ4v) is 0.784. The van der Waals surface area contributed by atoms with Crippen LogP contribution in [-0.4, -0.2) is 36.0 Å². The lowest BCUT2D eigenvalue weighted by molar-refractivity contribution is -0.135. The summed E-state index contributed by atoms with van der Waals surface area (Å²) >= 11 is 10.5. The van der Waals surface area contributed by atoms with Crippen molar-refractivity contribution in [3.05, 3.63) is 0 Å². The first kappa shape index (κ1) is 13.2. The number of halogens is 2. The minimum atomic E-state index is -1.37. The van der Waals surface area contributed by atoms with Gasteiger partial charge in [-0.1, -0.05) is 28.4 Å². The van der Waals surface area contributed by atoms with Crippen LogP contribution in [0.3, 0.4) is 0 Å². The number of hydrogen-bond donors (Lipinski definition) is 0. The van der Waals surface area contributed by atoms with Crippen molar-refractivity contribution in [2.75, 3.05) is 13.7 Å². The molecule has 0 saturated carbocycles. The average molecular weight is 242 g/mol. The van der Waals surface area contributed by atoms with Gasteiger partial charge >= 0.3 is 5.97 Å². The molecule has 0 radical (unpaired) electrons. The van der Waals surface area contributed by atoms with E-state index in [2.05, 4.69) is 14.7 Å². The number of esters is 1. The van der Waals surface area contributed by atoms with E-state index >= 15 is 0 Å². The van der Waals surface area contributed by atoms with Crippen molar-refractivity contribution in [1.82, 2.24) is 0 Å². The third-order valence-corrected chi connectivity index (χ3v) is 1.48. The van der Waals surface area contributed by atoms with Crippen molar-refractivity contribution in [2.24, 2.45) is 5.16 Å². The normalized spacial score (nSPS) is 11.4. The lowest BCUT2D eigenvalue weighted by Gasteiger charge is -2.03. The highest BCUT2D eigenvalue weighted by atomic mass is 35.5. The first-order valence-electron chi connectivity index (χ1n) is 3.65. The van der Waals surface area contributed by atoms with Crippen LogP contribution < -0.4 is 0 Å². The van der Waals surface area contributed by atoms with E-state index in [1.54, 1.807) is 6.92 Å². The van der Waals surface area contributed by atoms with Crippen molar-refractivity contribution >= 4 is 40.7 Å². The molecular formula is C7H9Cl2NO4. The number of oxime groups is 1. The number of rotatable bonds is 5. The number of carbonyl (C=O) groups is 2. The predicted octanol–water partition coefficient (Wildman–Crippen LogP) is 0.925. The number of ether oxygens (including phenoxy) is 1. The van der Waals surface area contributed by atoms with Gasteiger partial charge in [0, 0.05) is 0 Å². The molecule has 0 bridgehead atoms. The molecule has 0 saturated heterocycles.